The van der Waals surface area contributed by atoms with Crippen molar-refractivity contribution in [3.63, 3.8) is 0 Å². The zero-order valence-corrected chi connectivity index (χ0v) is 25.0. The number of alkyl halides is 6. The topological polar surface area (TPSA) is 80.3 Å². The van der Waals surface area contributed by atoms with E-state index < -0.39 is 80.1 Å². The van der Waals surface area contributed by atoms with Crippen molar-refractivity contribution in [2.45, 2.75) is 79.6 Å². The van der Waals surface area contributed by atoms with Crippen LogP contribution in [0.3, 0.4) is 0 Å². The van der Waals surface area contributed by atoms with E-state index in [1.54, 1.807) is 41.5 Å². The molecule has 0 aromatic heterocycles. The van der Waals surface area contributed by atoms with Gasteiger partial charge >= 0.3 is 61.2 Å². The van der Waals surface area contributed by atoms with Crippen LogP contribution in [0, 0.1) is 33.5 Å². The van der Waals surface area contributed by atoms with Crippen LogP contribution < -0.4 is 10.2 Å². The van der Waals surface area contributed by atoms with Gasteiger partial charge in [-0.1, -0.05) is 41.5 Å². The maximum atomic E-state index is 12.5. The maximum Gasteiger partial charge on any atom is 2.00 e. The first kappa shape index (κ1) is 30.8. The molecule has 0 aliphatic heterocycles. The molecule has 11 heteroatoms. The Bertz CT molecular complexity index is 926. The number of ketones is 2. The third-order valence-electron chi connectivity index (χ3n) is 9.65. The fraction of sp³-hybridized carbons (Fsp3) is 0.750. The predicted molar refractivity (Wildman–Crippen MR) is 111 cm³/mol. The minimum absolute atomic E-state index is 0. The summed E-state index contributed by atoms with van der Waals surface area (Å²) >= 11 is 0. The minimum Gasteiger partial charge on any atom is -0.869 e. The zero-order valence-electron chi connectivity index (χ0n) is 20.6. The Morgan fingerprint density at radius 2 is 0.943 bits per heavy atom. The third kappa shape index (κ3) is 4.17. The number of carbonyl (C=O) groups is 2. The molecule has 4 nitrogen and oxygen atoms in total. The summed E-state index contributed by atoms with van der Waals surface area (Å²) < 4.78 is 74.7. The van der Waals surface area contributed by atoms with Crippen LogP contribution in [0.15, 0.2) is 22.7 Å². The van der Waals surface area contributed by atoms with Gasteiger partial charge in [-0.3, -0.25) is 9.59 Å². The molecule has 0 heterocycles. The largest absolute Gasteiger partial charge is 2.00 e. The summed E-state index contributed by atoms with van der Waals surface area (Å²) in [6.45, 7) is 10.5. The first-order valence-corrected chi connectivity index (χ1v) is 11.1. The van der Waals surface area contributed by atoms with Gasteiger partial charge in [0.25, 0.3) is 0 Å². The fourth-order valence-electron chi connectivity index (χ4n) is 6.56. The molecule has 4 bridgehead atoms. The van der Waals surface area contributed by atoms with Crippen LogP contribution in [0.1, 0.15) is 67.2 Å². The SMILES string of the molecule is CC1(C)[C@@H]2CC[C@@]1(C)C(=O)/C2=C(\[O-])C(F)(F)F.CC1(C)[C@@H]2CC[C@@]1(C)C(=O)/C2=C(\[O-])C(F)(F)F.[Ba+2]. The van der Waals surface area contributed by atoms with Crippen LogP contribution in [-0.4, -0.2) is 72.8 Å². The van der Waals surface area contributed by atoms with Crippen molar-refractivity contribution < 1.29 is 46.1 Å². The average molecular weight is 632 g/mol. The quantitative estimate of drug-likeness (QED) is 0.175. The van der Waals surface area contributed by atoms with Crippen molar-refractivity contribution in [2.24, 2.45) is 33.5 Å². The summed E-state index contributed by atoms with van der Waals surface area (Å²) in [4.78, 5) is 24.1. The summed E-state index contributed by atoms with van der Waals surface area (Å²) in [6.07, 6.45) is -7.76. The van der Waals surface area contributed by atoms with Crippen molar-refractivity contribution in [3.8, 4) is 0 Å². The molecule has 0 N–H and O–H groups in total. The molecule has 0 spiro atoms. The van der Waals surface area contributed by atoms with E-state index in [-0.39, 0.29) is 48.9 Å². The maximum absolute atomic E-state index is 12.5. The molecule has 4 rings (SSSR count). The Kier molecular flexibility index (Phi) is 7.75. The van der Waals surface area contributed by atoms with Gasteiger partial charge in [-0.15, -0.1) is 0 Å². The predicted octanol–water partition coefficient (Wildman–Crippen LogP) is 4.00. The summed E-state index contributed by atoms with van der Waals surface area (Å²) in [7, 11) is 0. The zero-order chi connectivity index (χ0) is 26.4. The van der Waals surface area contributed by atoms with Gasteiger partial charge in [0.15, 0.2) is 11.6 Å². The van der Waals surface area contributed by atoms with Gasteiger partial charge < -0.3 is 10.2 Å². The van der Waals surface area contributed by atoms with Gasteiger partial charge in [0.05, 0.1) is 0 Å². The van der Waals surface area contributed by atoms with E-state index in [0.717, 1.165) is 0 Å². The molecule has 0 amide bonds. The standard InChI is InChI=1S/2C12H15F3O2.Ba/c2*1-10(2)6-4-5-11(10,3)8(16)7(6)9(17)12(13,14)15;/h2*6,17H,4-5H2,1-3H3;/q;;+2/p-2/b2*9-7-;/t2*6-,11+;/m11./s1. The molecule has 0 unspecified atom stereocenters. The van der Waals surface area contributed by atoms with Gasteiger partial charge in [-0.25, -0.2) is 0 Å². The normalized spacial score (nSPS) is 37.6. The molecular formula is C24H28BaF6O4. The van der Waals surface area contributed by atoms with Crippen LogP contribution in [0.5, 0.6) is 0 Å². The number of halogens is 6. The van der Waals surface area contributed by atoms with Gasteiger partial charge in [-0.05, 0) is 71.0 Å². The monoisotopic (exact) mass is 632 g/mol. The third-order valence-corrected chi connectivity index (χ3v) is 9.65. The molecule has 4 atom stereocenters. The van der Waals surface area contributed by atoms with Gasteiger partial charge in [0.2, 0.25) is 0 Å². The molecule has 0 aromatic rings. The number of allylic oxidation sites excluding steroid dienone is 4. The van der Waals surface area contributed by atoms with Crippen molar-refractivity contribution in [2.75, 3.05) is 0 Å². The molecule has 0 saturated heterocycles. The van der Waals surface area contributed by atoms with Crippen LogP contribution >= 0.6 is 0 Å². The first-order valence-electron chi connectivity index (χ1n) is 11.1. The Balaban J connectivity index is 0.000000240. The molecule has 0 aromatic carbocycles. The van der Waals surface area contributed by atoms with Crippen LogP contribution in [0.2, 0.25) is 0 Å². The first-order chi connectivity index (χ1) is 15.1. The Labute approximate surface area is 240 Å². The van der Waals surface area contributed by atoms with Crippen molar-refractivity contribution in [3.05, 3.63) is 22.7 Å². The van der Waals surface area contributed by atoms with E-state index in [2.05, 4.69) is 0 Å². The summed E-state index contributed by atoms with van der Waals surface area (Å²) in [5, 5.41) is 22.6. The smallest absolute Gasteiger partial charge is 0.869 e. The van der Waals surface area contributed by atoms with Crippen molar-refractivity contribution in [1.82, 2.24) is 0 Å². The molecule has 4 aliphatic rings. The molecule has 192 valence electrons. The van der Waals surface area contributed by atoms with Gasteiger partial charge in [-0.2, -0.15) is 26.3 Å². The fourth-order valence-corrected chi connectivity index (χ4v) is 6.56. The average Bonchev–Trinajstić information content (AvgIpc) is 3.16. The minimum atomic E-state index is -4.94. The van der Waals surface area contributed by atoms with Crippen LogP contribution in [0.4, 0.5) is 26.3 Å². The van der Waals surface area contributed by atoms with Crippen LogP contribution in [0.25, 0.3) is 0 Å². The number of rotatable bonds is 0. The number of fused-ring (bicyclic) bond motifs is 4. The second-order valence-corrected chi connectivity index (χ2v) is 11.4. The Morgan fingerprint density at radius 3 is 1.11 bits per heavy atom. The number of carbonyl (C=O) groups excluding carboxylic acids is 2. The molecule has 0 radical (unpaired) electrons. The molecule has 4 saturated carbocycles. The van der Waals surface area contributed by atoms with E-state index in [9.17, 15) is 46.1 Å². The molecular weight excluding hydrogens is 604 g/mol. The van der Waals surface area contributed by atoms with E-state index in [0.29, 0.717) is 25.7 Å². The second kappa shape index (κ2) is 8.81. The number of Topliss-reactive ketones (excluding diaryl/α,β-unsaturated/α-hetero) is 2. The molecule has 4 aliphatic carbocycles. The molecule has 35 heavy (non-hydrogen) atoms. The summed E-state index contributed by atoms with van der Waals surface area (Å²) in [5.41, 5.74) is -3.77. The van der Waals surface area contributed by atoms with Gasteiger partial charge in [0, 0.05) is 10.8 Å². The van der Waals surface area contributed by atoms with E-state index >= 15 is 0 Å². The Hall–Kier alpha value is -0.429. The second-order valence-electron chi connectivity index (χ2n) is 11.4. The summed E-state index contributed by atoms with van der Waals surface area (Å²) in [5.74, 6) is -6.17. The number of hydrogen-bond acceptors (Lipinski definition) is 4. The molecule has 4 fully saturated rings. The Morgan fingerprint density at radius 1 is 0.686 bits per heavy atom. The number of hydrogen-bond donors (Lipinski definition) is 0. The van der Waals surface area contributed by atoms with E-state index in [1.165, 1.54) is 0 Å². The van der Waals surface area contributed by atoms with Crippen molar-refractivity contribution in [1.29, 1.82) is 0 Å². The van der Waals surface area contributed by atoms with E-state index in [4.69, 9.17) is 0 Å². The van der Waals surface area contributed by atoms with E-state index in [1.807, 2.05) is 0 Å². The van der Waals surface area contributed by atoms with Gasteiger partial charge in [0.1, 0.15) is 0 Å². The van der Waals surface area contributed by atoms with Crippen LogP contribution in [-0.2, 0) is 9.59 Å². The summed E-state index contributed by atoms with van der Waals surface area (Å²) in [6, 6.07) is 0. The van der Waals surface area contributed by atoms with Crippen molar-refractivity contribution >= 4 is 60.4 Å².